The quantitative estimate of drug-likeness (QED) is 0.882. The maximum atomic E-state index is 12.8. The zero-order valence-electron chi connectivity index (χ0n) is 15.8. The average Bonchev–Trinajstić information content (AvgIpc) is 2.74. The second kappa shape index (κ2) is 8.77. The molecular formula is C21H25N3O3. The first-order valence-electron chi connectivity index (χ1n) is 9.39. The van der Waals surface area contributed by atoms with Gasteiger partial charge in [0, 0.05) is 30.5 Å². The van der Waals surface area contributed by atoms with Crippen LogP contribution in [-0.4, -0.2) is 48.0 Å². The third-order valence-electron chi connectivity index (χ3n) is 4.78. The van der Waals surface area contributed by atoms with Crippen LogP contribution in [0.15, 0.2) is 36.5 Å². The van der Waals surface area contributed by atoms with E-state index in [0.29, 0.717) is 31.9 Å². The molecule has 0 bridgehead atoms. The number of rotatable bonds is 5. The smallest absolute Gasteiger partial charge is 0.274 e. The van der Waals surface area contributed by atoms with Gasteiger partial charge in [-0.2, -0.15) is 0 Å². The molecule has 6 nitrogen and oxygen atoms in total. The maximum absolute atomic E-state index is 12.8. The number of morpholine rings is 1. The summed E-state index contributed by atoms with van der Waals surface area (Å²) < 4.78 is 5.29. The fourth-order valence-electron chi connectivity index (χ4n) is 3.22. The molecule has 1 aromatic carbocycles. The van der Waals surface area contributed by atoms with Crippen molar-refractivity contribution in [2.45, 2.75) is 26.7 Å². The Morgan fingerprint density at radius 1 is 1.11 bits per heavy atom. The van der Waals surface area contributed by atoms with E-state index in [2.05, 4.69) is 24.1 Å². The summed E-state index contributed by atoms with van der Waals surface area (Å²) in [5.41, 5.74) is 3.73. The third kappa shape index (κ3) is 4.34. The van der Waals surface area contributed by atoms with Gasteiger partial charge in [0.05, 0.1) is 13.2 Å². The molecule has 3 rings (SSSR count). The molecule has 1 aliphatic rings. The molecule has 2 amide bonds. The standard InChI is InChI=1S/C21H25N3O3/c1-3-15-6-5-7-16(4-2)19(15)23-20(25)18-14-17(8-9-22-18)21(26)24-10-12-27-13-11-24/h5-9,14H,3-4,10-13H2,1-2H3,(H,23,25). The number of para-hydroxylation sites is 1. The molecule has 0 unspecified atom stereocenters. The van der Waals surface area contributed by atoms with Crippen LogP contribution in [0.4, 0.5) is 5.69 Å². The number of ether oxygens (including phenoxy) is 1. The van der Waals surface area contributed by atoms with Crippen LogP contribution < -0.4 is 5.32 Å². The summed E-state index contributed by atoms with van der Waals surface area (Å²) in [6, 6.07) is 9.24. The van der Waals surface area contributed by atoms with Crippen LogP contribution in [0.1, 0.15) is 45.8 Å². The molecule has 27 heavy (non-hydrogen) atoms. The van der Waals surface area contributed by atoms with E-state index in [1.165, 1.54) is 6.20 Å². The predicted molar refractivity (Wildman–Crippen MR) is 104 cm³/mol. The van der Waals surface area contributed by atoms with Crippen molar-refractivity contribution in [3.8, 4) is 0 Å². The SMILES string of the molecule is CCc1cccc(CC)c1NC(=O)c1cc(C(=O)N2CCOCC2)ccn1. The predicted octanol–water partition coefficient (Wildman–Crippen LogP) is 2.93. The highest BCUT2D eigenvalue weighted by Gasteiger charge is 2.20. The molecule has 1 N–H and O–H groups in total. The Morgan fingerprint density at radius 2 is 1.78 bits per heavy atom. The van der Waals surface area contributed by atoms with Crippen LogP contribution in [-0.2, 0) is 17.6 Å². The van der Waals surface area contributed by atoms with E-state index in [-0.39, 0.29) is 17.5 Å². The Bertz CT molecular complexity index is 807. The van der Waals surface area contributed by atoms with Crippen LogP contribution in [0.25, 0.3) is 0 Å². The number of hydrogen-bond donors (Lipinski definition) is 1. The lowest BCUT2D eigenvalue weighted by molar-refractivity contribution is 0.0303. The molecule has 2 heterocycles. The van der Waals surface area contributed by atoms with Gasteiger partial charge in [0.15, 0.2) is 0 Å². The summed E-state index contributed by atoms with van der Waals surface area (Å²) in [5, 5.41) is 3.00. The number of hydrogen-bond acceptors (Lipinski definition) is 4. The number of aromatic nitrogens is 1. The van der Waals surface area contributed by atoms with Crippen molar-refractivity contribution in [2.24, 2.45) is 0 Å². The van der Waals surface area contributed by atoms with Gasteiger partial charge in [0.25, 0.3) is 11.8 Å². The number of nitrogens with one attached hydrogen (secondary N) is 1. The van der Waals surface area contributed by atoms with Crippen LogP contribution in [0.5, 0.6) is 0 Å². The fourth-order valence-corrected chi connectivity index (χ4v) is 3.22. The molecule has 0 aliphatic carbocycles. The molecule has 142 valence electrons. The summed E-state index contributed by atoms with van der Waals surface area (Å²) in [7, 11) is 0. The van der Waals surface area contributed by atoms with Crippen molar-refractivity contribution in [1.29, 1.82) is 0 Å². The van der Waals surface area contributed by atoms with Gasteiger partial charge in [0.1, 0.15) is 5.69 Å². The number of benzene rings is 1. The molecular weight excluding hydrogens is 342 g/mol. The molecule has 6 heteroatoms. The van der Waals surface area contributed by atoms with Gasteiger partial charge >= 0.3 is 0 Å². The van der Waals surface area contributed by atoms with Gasteiger partial charge in [-0.3, -0.25) is 14.6 Å². The molecule has 1 aliphatic heterocycles. The lowest BCUT2D eigenvalue weighted by Crippen LogP contribution is -2.40. The van der Waals surface area contributed by atoms with Crippen molar-refractivity contribution in [3.05, 3.63) is 58.9 Å². The number of pyridine rings is 1. The van der Waals surface area contributed by atoms with Crippen LogP contribution >= 0.6 is 0 Å². The Balaban J connectivity index is 1.81. The van der Waals surface area contributed by atoms with E-state index in [4.69, 9.17) is 4.74 Å². The van der Waals surface area contributed by atoms with Crippen LogP contribution in [0, 0.1) is 0 Å². The molecule has 1 aromatic heterocycles. The zero-order valence-corrected chi connectivity index (χ0v) is 15.8. The van der Waals surface area contributed by atoms with Crippen molar-refractivity contribution in [3.63, 3.8) is 0 Å². The van der Waals surface area contributed by atoms with Gasteiger partial charge in [-0.25, -0.2) is 0 Å². The second-order valence-electron chi connectivity index (χ2n) is 6.45. The summed E-state index contributed by atoms with van der Waals surface area (Å²) in [5.74, 6) is -0.403. The summed E-state index contributed by atoms with van der Waals surface area (Å²) in [4.78, 5) is 31.3. The Morgan fingerprint density at radius 3 is 2.41 bits per heavy atom. The topological polar surface area (TPSA) is 71.5 Å². The van der Waals surface area contributed by atoms with Gasteiger partial charge in [-0.1, -0.05) is 32.0 Å². The summed E-state index contributed by atoms with van der Waals surface area (Å²) in [6.07, 6.45) is 3.16. The van der Waals surface area contributed by atoms with Crippen LogP contribution in [0.3, 0.4) is 0 Å². The Hall–Kier alpha value is -2.73. The van der Waals surface area contributed by atoms with Crippen molar-refractivity contribution >= 4 is 17.5 Å². The van der Waals surface area contributed by atoms with E-state index in [1.54, 1.807) is 17.0 Å². The highest BCUT2D eigenvalue weighted by Crippen LogP contribution is 2.23. The lowest BCUT2D eigenvalue weighted by Gasteiger charge is -2.26. The lowest BCUT2D eigenvalue weighted by atomic mass is 10.0. The van der Waals surface area contributed by atoms with Crippen molar-refractivity contribution < 1.29 is 14.3 Å². The molecule has 1 fully saturated rings. The monoisotopic (exact) mass is 367 g/mol. The van der Waals surface area contributed by atoms with Crippen molar-refractivity contribution in [2.75, 3.05) is 31.6 Å². The second-order valence-corrected chi connectivity index (χ2v) is 6.45. The highest BCUT2D eigenvalue weighted by atomic mass is 16.5. The highest BCUT2D eigenvalue weighted by molar-refractivity contribution is 6.05. The van der Waals surface area contributed by atoms with Crippen molar-refractivity contribution in [1.82, 2.24) is 9.88 Å². The van der Waals surface area contributed by atoms with E-state index in [9.17, 15) is 9.59 Å². The van der Waals surface area contributed by atoms with E-state index in [1.807, 2.05) is 18.2 Å². The first-order valence-corrected chi connectivity index (χ1v) is 9.39. The number of nitrogens with zero attached hydrogens (tertiary/aromatic N) is 2. The summed E-state index contributed by atoms with van der Waals surface area (Å²) >= 11 is 0. The fraction of sp³-hybridized carbons (Fsp3) is 0.381. The van der Waals surface area contributed by atoms with Gasteiger partial charge in [0.2, 0.25) is 0 Å². The molecule has 0 saturated carbocycles. The maximum Gasteiger partial charge on any atom is 0.274 e. The number of carbonyl (C=O) groups excluding carboxylic acids is 2. The first-order chi connectivity index (χ1) is 13.1. The Kier molecular flexibility index (Phi) is 6.19. The zero-order chi connectivity index (χ0) is 19.2. The number of amides is 2. The first kappa shape index (κ1) is 19.0. The molecule has 0 atom stereocenters. The van der Waals surface area contributed by atoms with Crippen LogP contribution in [0.2, 0.25) is 0 Å². The largest absolute Gasteiger partial charge is 0.378 e. The minimum absolute atomic E-state index is 0.0991. The molecule has 1 saturated heterocycles. The van der Waals surface area contributed by atoms with Gasteiger partial charge in [-0.05, 0) is 36.1 Å². The van der Waals surface area contributed by atoms with E-state index >= 15 is 0 Å². The minimum atomic E-state index is -0.303. The Labute approximate surface area is 159 Å². The normalized spacial score (nSPS) is 14.1. The summed E-state index contributed by atoms with van der Waals surface area (Å²) in [6.45, 7) is 6.32. The molecule has 0 spiro atoms. The molecule has 0 radical (unpaired) electrons. The van der Waals surface area contributed by atoms with Gasteiger partial charge < -0.3 is 15.0 Å². The van der Waals surface area contributed by atoms with Gasteiger partial charge in [-0.15, -0.1) is 0 Å². The van der Waals surface area contributed by atoms with E-state index in [0.717, 1.165) is 29.7 Å². The number of aryl methyl sites for hydroxylation is 2. The third-order valence-corrected chi connectivity index (χ3v) is 4.78. The van der Waals surface area contributed by atoms with E-state index < -0.39 is 0 Å². The molecule has 2 aromatic rings. The minimum Gasteiger partial charge on any atom is -0.378 e. The number of carbonyl (C=O) groups is 2. The number of anilines is 1. The average molecular weight is 367 g/mol.